The number of nitrogens with one attached hydrogen (secondary N) is 3. The van der Waals surface area contributed by atoms with Crippen molar-refractivity contribution in [1.29, 1.82) is 0 Å². The number of pyridine rings is 1. The molecule has 0 aliphatic rings. The fourth-order valence-corrected chi connectivity index (χ4v) is 2.73. The highest BCUT2D eigenvalue weighted by Gasteiger charge is 2.07. The number of hydrogen-bond acceptors (Lipinski definition) is 8. The van der Waals surface area contributed by atoms with Crippen molar-refractivity contribution in [2.75, 3.05) is 37.4 Å². The van der Waals surface area contributed by atoms with Crippen LogP contribution in [0, 0.1) is 6.92 Å². The van der Waals surface area contributed by atoms with Gasteiger partial charge in [0, 0.05) is 42.8 Å². The quantitative estimate of drug-likeness (QED) is 0.427. The van der Waals surface area contributed by atoms with Gasteiger partial charge in [0.05, 0.1) is 19.3 Å². The standard InChI is InChI=1S/C22H26N6O3/c1-4-31-20-10-5-16(14-25-20)21(29)23-11-12-24-22-26-15(2)13-19(28-22)27-17-6-8-18(30-3)9-7-17/h5-10,13-14H,4,11-12H2,1-3H3,(H,23,29)(H2,24,26,27,28). The van der Waals surface area contributed by atoms with Crippen molar-refractivity contribution in [3.63, 3.8) is 0 Å². The zero-order chi connectivity index (χ0) is 22.1. The van der Waals surface area contributed by atoms with Crippen LogP contribution >= 0.6 is 0 Å². The van der Waals surface area contributed by atoms with Gasteiger partial charge in [0.25, 0.3) is 5.91 Å². The van der Waals surface area contributed by atoms with Crippen molar-refractivity contribution in [1.82, 2.24) is 20.3 Å². The summed E-state index contributed by atoms with van der Waals surface area (Å²) in [6, 6.07) is 12.8. The lowest BCUT2D eigenvalue weighted by molar-refractivity contribution is 0.0954. The molecule has 0 unspecified atom stereocenters. The van der Waals surface area contributed by atoms with E-state index in [4.69, 9.17) is 9.47 Å². The molecule has 31 heavy (non-hydrogen) atoms. The first-order chi connectivity index (χ1) is 15.1. The van der Waals surface area contributed by atoms with E-state index in [1.165, 1.54) is 6.20 Å². The first-order valence-electron chi connectivity index (χ1n) is 9.95. The number of anilines is 3. The number of aryl methyl sites for hydroxylation is 1. The third-order valence-corrected chi connectivity index (χ3v) is 4.20. The lowest BCUT2D eigenvalue weighted by Gasteiger charge is -2.11. The molecule has 0 fully saturated rings. The van der Waals surface area contributed by atoms with E-state index >= 15 is 0 Å². The van der Waals surface area contributed by atoms with Gasteiger partial charge in [-0.05, 0) is 44.2 Å². The van der Waals surface area contributed by atoms with E-state index in [-0.39, 0.29) is 5.91 Å². The van der Waals surface area contributed by atoms with Crippen LogP contribution in [0.3, 0.4) is 0 Å². The first-order valence-corrected chi connectivity index (χ1v) is 9.95. The molecule has 9 nitrogen and oxygen atoms in total. The average molecular weight is 422 g/mol. The number of amides is 1. The minimum absolute atomic E-state index is 0.204. The summed E-state index contributed by atoms with van der Waals surface area (Å²) in [7, 11) is 1.63. The second-order valence-electron chi connectivity index (χ2n) is 6.57. The molecule has 9 heteroatoms. The van der Waals surface area contributed by atoms with Crippen LogP contribution in [-0.4, -0.2) is 47.7 Å². The number of methoxy groups -OCH3 is 1. The Balaban J connectivity index is 1.50. The number of carbonyl (C=O) groups excluding carboxylic acids is 1. The highest BCUT2D eigenvalue weighted by atomic mass is 16.5. The number of nitrogens with zero attached hydrogens (tertiary/aromatic N) is 3. The third kappa shape index (κ3) is 6.56. The maximum atomic E-state index is 12.2. The molecule has 0 saturated carbocycles. The van der Waals surface area contributed by atoms with Crippen LogP contribution in [0.4, 0.5) is 17.5 Å². The molecular formula is C22H26N6O3. The topological polar surface area (TPSA) is 110 Å². The zero-order valence-electron chi connectivity index (χ0n) is 17.8. The van der Waals surface area contributed by atoms with Gasteiger partial charge in [-0.2, -0.15) is 4.98 Å². The maximum Gasteiger partial charge on any atom is 0.252 e. The molecular weight excluding hydrogens is 396 g/mol. The second-order valence-corrected chi connectivity index (χ2v) is 6.57. The Hall–Kier alpha value is -3.88. The minimum atomic E-state index is -0.204. The van der Waals surface area contributed by atoms with Gasteiger partial charge in [-0.3, -0.25) is 4.79 Å². The summed E-state index contributed by atoms with van der Waals surface area (Å²) in [5.41, 5.74) is 2.18. The predicted octanol–water partition coefficient (Wildman–Crippen LogP) is 3.17. The molecule has 0 radical (unpaired) electrons. The fourth-order valence-electron chi connectivity index (χ4n) is 2.73. The highest BCUT2D eigenvalue weighted by Crippen LogP contribution is 2.19. The van der Waals surface area contributed by atoms with Gasteiger partial charge in [0.1, 0.15) is 11.6 Å². The molecule has 162 valence electrons. The van der Waals surface area contributed by atoms with E-state index in [2.05, 4.69) is 30.9 Å². The molecule has 1 amide bonds. The van der Waals surface area contributed by atoms with E-state index < -0.39 is 0 Å². The number of benzene rings is 1. The van der Waals surface area contributed by atoms with E-state index in [9.17, 15) is 4.79 Å². The Morgan fingerprint density at radius 2 is 1.87 bits per heavy atom. The van der Waals surface area contributed by atoms with E-state index in [0.717, 1.165) is 17.1 Å². The summed E-state index contributed by atoms with van der Waals surface area (Å²) in [6.07, 6.45) is 1.49. The van der Waals surface area contributed by atoms with E-state index in [0.29, 0.717) is 42.9 Å². The summed E-state index contributed by atoms with van der Waals surface area (Å²) >= 11 is 0. The summed E-state index contributed by atoms with van der Waals surface area (Å²) < 4.78 is 10.4. The largest absolute Gasteiger partial charge is 0.497 e. The van der Waals surface area contributed by atoms with E-state index in [1.807, 2.05) is 44.2 Å². The monoisotopic (exact) mass is 422 g/mol. The molecule has 1 aromatic carbocycles. The van der Waals surface area contributed by atoms with Gasteiger partial charge in [0.15, 0.2) is 0 Å². The van der Waals surface area contributed by atoms with Crippen LogP contribution in [0.25, 0.3) is 0 Å². The normalized spacial score (nSPS) is 10.3. The van der Waals surface area contributed by atoms with Crippen molar-refractivity contribution in [2.45, 2.75) is 13.8 Å². The SMILES string of the molecule is CCOc1ccc(C(=O)NCCNc2nc(C)cc(Nc3ccc(OC)cc3)n2)cn1. The number of hydrogen-bond donors (Lipinski definition) is 3. The number of ether oxygens (including phenoxy) is 2. The Labute approximate surface area is 181 Å². The number of carbonyl (C=O) groups is 1. The molecule has 0 spiro atoms. The first kappa shape index (κ1) is 21.8. The number of aromatic nitrogens is 3. The summed E-state index contributed by atoms with van der Waals surface area (Å²) in [4.78, 5) is 25.2. The number of rotatable bonds is 10. The van der Waals surface area contributed by atoms with E-state index in [1.54, 1.807) is 19.2 Å². The van der Waals surface area contributed by atoms with Crippen LogP contribution in [0.15, 0.2) is 48.7 Å². The molecule has 2 aromatic heterocycles. The highest BCUT2D eigenvalue weighted by molar-refractivity contribution is 5.93. The van der Waals surface area contributed by atoms with Gasteiger partial charge in [0.2, 0.25) is 11.8 Å². The molecule has 0 aliphatic carbocycles. The van der Waals surface area contributed by atoms with Gasteiger partial charge < -0.3 is 25.4 Å². The molecule has 3 N–H and O–H groups in total. The van der Waals surface area contributed by atoms with Gasteiger partial charge in [-0.1, -0.05) is 0 Å². The summed E-state index contributed by atoms with van der Waals surface area (Å²) in [5.74, 6) is 2.23. The van der Waals surface area contributed by atoms with Crippen LogP contribution in [0.5, 0.6) is 11.6 Å². The van der Waals surface area contributed by atoms with Crippen molar-refractivity contribution in [3.05, 3.63) is 59.9 Å². The average Bonchev–Trinajstić information content (AvgIpc) is 2.77. The molecule has 2 heterocycles. The Kier molecular flexibility index (Phi) is 7.58. The predicted molar refractivity (Wildman–Crippen MR) is 119 cm³/mol. The fraction of sp³-hybridized carbons (Fsp3) is 0.273. The smallest absolute Gasteiger partial charge is 0.252 e. The Morgan fingerprint density at radius 3 is 2.55 bits per heavy atom. The van der Waals surface area contributed by atoms with Crippen LogP contribution in [-0.2, 0) is 0 Å². The van der Waals surface area contributed by atoms with Gasteiger partial charge in [-0.15, -0.1) is 0 Å². The Bertz CT molecular complexity index is 993. The zero-order valence-corrected chi connectivity index (χ0v) is 17.8. The van der Waals surface area contributed by atoms with Gasteiger partial charge >= 0.3 is 0 Å². The minimum Gasteiger partial charge on any atom is -0.497 e. The Morgan fingerprint density at radius 1 is 1.06 bits per heavy atom. The lowest BCUT2D eigenvalue weighted by atomic mass is 10.2. The van der Waals surface area contributed by atoms with Crippen molar-refractivity contribution in [2.24, 2.45) is 0 Å². The van der Waals surface area contributed by atoms with Crippen molar-refractivity contribution in [3.8, 4) is 11.6 Å². The molecule has 3 rings (SSSR count). The molecule has 0 atom stereocenters. The maximum absolute atomic E-state index is 12.2. The van der Waals surface area contributed by atoms with Crippen LogP contribution in [0.1, 0.15) is 23.0 Å². The summed E-state index contributed by atoms with van der Waals surface area (Å²) in [6.45, 7) is 5.19. The van der Waals surface area contributed by atoms with Crippen LogP contribution in [0.2, 0.25) is 0 Å². The third-order valence-electron chi connectivity index (χ3n) is 4.20. The molecule has 0 aliphatic heterocycles. The van der Waals surface area contributed by atoms with Crippen molar-refractivity contribution >= 4 is 23.4 Å². The molecule has 3 aromatic rings. The molecule has 0 saturated heterocycles. The van der Waals surface area contributed by atoms with Gasteiger partial charge in [-0.25, -0.2) is 9.97 Å². The second kappa shape index (κ2) is 10.8. The summed E-state index contributed by atoms with van der Waals surface area (Å²) in [5, 5.41) is 9.21. The van der Waals surface area contributed by atoms with Crippen molar-refractivity contribution < 1.29 is 14.3 Å². The lowest BCUT2D eigenvalue weighted by Crippen LogP contribution is -2.29. The molecule has 0 bridgehead atoms. The van der Waals surface area contributed by atoms with Crippen LogP contribution < -0.4 is 25.4 Å².